The maximum Gasteiger partial charge on any atom is -0.00104 e. The predicted octanol–water partition coefficient (Wildman–Crippen LogP) is 8.09. The van der Waals surface area contributed by atoms with Crippen LogP contribution in [-0.4, -0.2) is 0 Å². The average Bonchev–Trinajstić information content (AvgIpc) is 3.25. The highest BCUT2D eigenvalue weighted by atomic mass is 14.3. The molecule has 2 aromatic carbocycles. The van der Waals surface area contributed by atoms with Crippen molar-refractivity contribution < 1.29 is 0 Å². The van der Waals surface area contributed by atoms with E-state index in [0.717, 1.165) is 6.42 Å². The molecular weight excluding hydrogens is 348 g/mol. The van der Waals surface area contributed by atoms with Crippen LogP contribution in [0.4, 0.5) is 0 Å². The van der Waals surface area contributed by atoms with Gasteiger partial charge in [-0.05, 0) is 74.5 Å². The Morgan fingerprint density at radius 1 is 0.862 bits per heavy atom. The number of rotatable bonds is 3. The first-order valence-electron chi connectivity index (χ1n) is 11.2. The smallest absolute Gasteiger partial charge is 0.00104 e. The van der Waals surface area contributed by atoms with Gasteiger partial charge < -0.3 is 0 Å². The first-order chi connectivity index (χ1) is 13.6. The summed E-state index contributed by atoms with van der Waals surface area (Å²) in [7, 11) is 0. The Kier molecular flexibility index (Phi) is 4.88. The molecule has 152 valence electrons. The van der Waals surface area contributed by atoms with Gasteiger partial charge in [0.2, 0.25) is 0 Å². The Morgan fingerprint density at radius 3 is 2.14 bits per heavy atom. The average molecular weight is 385 g/mol. The van der Waals surface area contributed by atoms with Gasteiger partial charge in [0.1, 0.15) is 0 Å². The summed E-state index contributed by atoms with van der Waals surface area (Å²) in [6.45, 7) is 16.5. The van der Waals surface area contributed by atoms with E-state index in [9.17, 15) is 0 Å². The molecule has 0 fully saturated rings. The first-order valence-corrected chi connectivity index (χ1v) is 11.2. The number of allylic oxidation sites excluding steroid dienone is 4. The summed E-state index contributed by atoms with van der Waals surface area (Å²) in [4.78, 5) is 0. The molecule has 2 aliphatic rings. The molecule has 0 bridgehead atoms. The highest BCUT2D eigenvalue weighted by Crippen LogP contribution is 2.46. The van der Waals surface area contributed by atoms with Crippen molar-refractivity contribution in [1.82, 2.24) is 0 Å². The van der Waals surface area contributed by atoms with Gasteiger partial charge in [0.05, 0.1) is 0 Å². The minimum absolute atomic E-state index is 0.158. The fourth-order valence-corrected chi connectivity index (χ4v) is 5.15. The standard InChI is InChI=1S/C29H36/c1-19(16-20-10-8-9-11-20)27-25-18-21-17-22(28(2,3)4)12-13-23(21)24(25)14-15-26(27)29(5,6)7/h8-15,17,19-20H,16,18H2,1-7H3. The van der Waals surface area contributed by atoms with E-state index < -0.39 is 0 Å². The van der Waals surface area contributed by atoms with Gasteiger partial charge in [-0.15, -0.1) is 0 Å². The van der Waals surface area contributed by atoms with E-state index in [-0.39, 0.29) is 10.8 Å². The zero-order valence-corrected chi connectivity index (χ0v) is 19.3. The van der Waals surface area contributed by atoms with Crippen molar-refractivity contribution in [2.75, 3.05) is 0 Å². The fraction of sp³-hybridized carbons (Fsp3) is 0.448. The largest absolute Gasteiger partial charge is 0.0776 e. The SMILES string of the molecule is CC(CC1C=CC=C1)c1c(C(C)(C)C)ccc2c1Cc1cc(C(C)(C)C)ccc1-2. The molecule has 0 amide bonds. The third kappa shape index (κ3) is 3.75. The van der Waals surface area contributed by atoms with Crippen LogP contribution in [0.2, 0.25) is 0 Å². The number of hydrogen-bond donors (Lipinski definition) is 0. The lowest BCUT2D eigenvalue weighted by Gasteiger charge is -2.29. The molecule has 0 heteroatoms. The van der Waals surface area contributed by atoms with Crippen LogP contribution in [0.5, 0.6) is 0 Å². The topological polar surface area (TPSA) is 0 Å². The van der Waals surface area contributed by atoms with Gasteiger partial charge in [0.15, 0.2) is 0 Å². The van der Waals surface area contributed by atoms with Crippen molar-refractivity contribution in [2.45, 2.75) is 78.1 Å². The Bertz CT molecular complexity index is 974. The van der Waals surface area contributed by atoms with E-state index in [1.807, 2.05) is 0 Å². The third-order valence-electron chi connectivity index (χ3n) is 6.74. The predicted molar refractivity (Wildman–Crippen MR) is 127 cm³/mol. The van der Waals surface area contributed by atoms with Gasteiger partial charge in [0.25, 0.3) is 0 Å². The highest BCUT2D eigenvalue weighted by molar-refractivity contribution is 5.79. The zero-order valence-electron chi connectivity index (χ0n) is 19.3. The van der Waals surface area contributed by atoms with E-state index in [4.69, 9.17) is 0 Å². The number of benzene rings is 2. The van der Waals surface area contributed by atoms with Gasteiger partial charge in [-0.25, -0.2) is 0 Å². The third-order valence-corrected chi connectivity index (χ3v) is 6.74. The Morgan fingerprint density at radius 2 is 1.52 bits per heavy atom. The molecule has 0 nitrogen and oxygen atoms in total. The second-order valence-corrected chi connectivity index (χ2v) is 11.2. The molecule has 2 aromatic rings. The molecule has 0 saturated carbocycles. The van der Waals surface area contributed by atoms with Gasteiger partial charge in [-0.2, -0.15) is 0 Å². The maximum absolute atomic E-state index is 2.46. The normalized spacial score (nSPS) is 16.9. The molecule has 0 N–H and O–H groups in total. The molecule has 29 heavy (non-hydrogen) atoms. The molecule has 0 saturated heterocycles. The van der Waals surface area contributed by atoms with Gasteiger partial charge >= 0.3 is 0 Å². The lowest BCUT2D eigenvalue weighted by atomic mass is 9.75. The van der Waals surface area contributed by atoms with Crippen molar-refractivity contribution in [3.63, 3.8) is 0 Å². The number of fused-ring (bicyclic) bond motifs is 3. The van der Waals surface area contributed by atoms with Gasteiger partial charge in [-0.1, -0.05) is 103 Å². The van der Waals surface area contributed by atoms with Crippen LogP contribution in [0.25, 0.3) is 11.1 Å². The summed E-state index contributed by atoms with van der Waals surface area (Å²) < 4.78 is 0. The zero-order chi connectivity index (χ0) is 21.0. The lowest BCUT2D eigenvalue weighted by Crippen LogP contribution is -2.18. The van der Waals surface area contributed by atoms with Crippen LogP contribution in [0.15, 0.2) is 54.6 Å². The van der Waals surface area contributed by atoms with Crippen molar-refractivity contribution in [1.29, 1.82) is 0 Å². The van der Waals surface area contributed by atoms with E-state index in [2.05, 4.69) is 103 Å². The monoisotopic (exact) mass is 384 g/mol. The summed E-state index contributed by atoms with van der Waals surface area (Å²) in [5.41, 5.74) is 10.9. The number of hydrogen-bond acceptors (Lipinski definition) is 0. The molecule has 0 aromatic heterocycles. The molecular formula is C29H36. The Balaban J connectivity index is 1.81. The summed E-state index contributed by atoms with van der Waals surface area (Å²) in [6, 6.07) is 12.0. The summed E-state index contributed by atoms with van der Waals surface area (Å²) in [5, 5.41) is 0. The molecule has 2 aliphatic carbocycles. The van der Waals surface area contributed by atoms with Crippen LogP contribution in [0.1, 0.15) is 88.6 Å². The quantitative estimate of drug-likeness (QED) is 0.428. The molecule has 1 unspecified atom stereocenters. The molecule has 0 aliphatic heterocycles. The van der Waals surface area contributed by atoms with Crippen LogP contribution < -0.4 is 0 Å². The van der Waals surface area contributed by atoms with Crippen LogP contribution in [0, 0.1) is 5.92 Å². The van der Waals surface area contributed by atoms with E-state index in [0.29, 0.717) is 11.8 Å². The summed E-state index contributed by atoms with van der Waals surface area (Å²) >= 11 is 0. The van der Waals surface area contributed by atoms with Gasteiger partial charge in [-0.3, -0.25) is 0 Å². The Labute approximate surface area is 177 Å². The van der Waals surface area contributed by atoms with Crippen LogP contribution in [0.3, 0.4) is 0 Å². The first kappa shape index (κ1) is 20.2. The van der Waals surface area contributed by atoms with Crippen molar-refractivity contribution in [2.24, 2.45) is 5.92 Å². The van der Waals surface area contributed by atoms with E-state index in [1.165, 1.54) is 34.2 Å². The van der Waals surface area contributed by atoms with Crippen LogP contribution in [-0.2, 0) is 17.3 Å². The van der Waals surface area contributed by atoms with Crippen molar-refractivity contribution in [3.8, 4) is 11.1 Å². The fourth-order valence-electron chi connectivity index (χ4n) is 5.15. The Hall–Kier alpha value is -2.08. The summed E-state index contributed by atoms with van der Waals surface area (Å²) in [5.74, 6) is 1.12. The van der Waals surface area contributed by atoms with Crippen LogP contribution >= 0.6 is 0 Å². The molecule has 0 radical (unpaired) electrons. The minimum Gasteiger partial charge on any atom is -0.0776 e. The van der Waals surface area contributed by atoms with E-state index in [1.54, 1.807) is 11.1 Å². The molecule has 0 spiro atoms. The highest BCUT2D eigenvalue weighted by Gasteiger charge is 2.30. The molecule has 0 heterocycles. The molecule has 1 atom stereocenters. The second kappa shape index (κ2) is 7.01. The second-order valence-electron chi connectivity index (χ2n) is 11.2. The van der Waals surface area contributed by atoms with Crippen molar-refractivity contribution in [3.05, 3.63) is 82.5 Å². The minimum atomic E-state index is 0.158. The molecule has 4 rings (SSSR count). The van der Waals surface area contributed by atoms with Crippen molar-refractivity contribution >= 4 is 0 Å². The van der Waals surface area contributed by atoms with Gasteiger partial charge in [0, 0.05) is 0 Å². The summed E-state index contributed by atoms with van der Waals surface area (Å²) in [6.07, 6.45) is 11.4. The van der Waals surface area contributed by atoms with E-state index >= 15 is 0 Å². The maximum atomic E-state index is 2.46. The lowest BCUT2D eigenvalue weighted by molar-refractivity contribution is 0.550.